The van der Waals surface area contributed by atoms with Gasteiger partial charge in [-0.1, -0.05) is 47.5 Å². The quantitative estimate of drug-likeness (QED) is 0.224. The Bertz CT molecular complexity index is 1570. The molecule has 0 aliphatic heterocycles. The largest absolute Gasteiger partial charge is 0.457 e. The van der Waals surface area contributed by atoms with Crippen LogP contribution >= 0.6 is 23.2 Å². The second kappa shape index (κ2) is 10.2. The average molecular weight is 517 g/mol. The van der Waals surface area contributed by atoms with Gasteiger partial charge in [0.25, 0.3) is 5.91 Å². The summed E-state index contributed by atoms with van der Waals surface area (Å²) in [7, 11) is 0. The Kier molecular flexibility index (Phi) is 6.62. The van der Waals surface area contributed by atoms with E-state index in [9.17, 15) is 9.59 Å². The molecule has 5 aromatic rings. The monoisotopic (exact) mass is 516 g/mol. The molecule has 0 bridgehead atoms. The van der Waals surface area contributed by atoms with Crippen molar-refractivity contribution in [2.75, 3.05) is 10.6 Å². The second-order valence-electron chi connectivity index (χ2n) is 7.81. The number of amides is 2. The number of anilines is 2. The maximum atomic E-state index is 12.5. The van der Waals surface area contributed by atoms with Crippen molar-refractivity contribution >= 4 is 63.4 Å². The molecule has 2 heterocycles. The lowest BCUT2D eigenvalue weighted by Gasteiger charge is -2.06. The van der Waals surface area contributed by atoms with Gasteiger partial charge in [0.05, 0.1) is 10.0 Å². The van der Waals surface area contributed by atoms with Crippen molar-refractivity contribution in [2.45, 2.75) is 0 Å². The average Bonchev–Trinajstić information content (AvgIpc) is 3.53. The lowest BCUT2D eigenvalue weighted by atomic mass is 10.2. The number of para-hydroxylation sites is 1. The Morgan fingerprint density at radius 2 is 1.53 bits per heavy atom. The summed E-state index contributed by atoms with van der Waals surface area (Å²) in [5.41, 5.74) is 2.45. The molecule has 0 radical (unpaired) electrons. The first-order valence-electron chi connectivity index (χ1n) is 10.9. The van der Waals surface area contributed by atoms with Gasteiger partial charge in [-0.2, -0.15) is 0 Å². The second-order valence-corrected chi connectivity index (χ2v) is 8.59. The molecule has 2 aromatic heterocycles. The van der Waals surface area contributed by atoms with Crippen LogP contribution in [0.15, 0.2) is 99.8 Å². The first-order chi connectivity index (χ1) is 17.5. The topological polar surface area (TPSA) is 84.5 Å². The SMILES string of the molecule is O=C(/C=C/c1ccc(-c2cccc(Cl)c2Cl)o1)Nc1ccc(NC(=O)c2cc3ccccc3o2)cc1. The van der Waals surface area contributed by atoms with Crippen LogP contribution in [-0.2, 0) is 4.79 Å². The zero-order valence-corrected chi connectivity index (χ0v) is 20.1. The van der Waals surface area contributed by atoms with Crippen LogP contribution in [0.5, 0.6) is 0 Å². The summed E-state index contributed by atoms with van der Waals surface area (Å²) in [5, 5.41) is 7.23. The van der Waals surface area contributed by atoms with Crippen molar-refractivity contribution in [1.29, 1.82) is 0 Å². The van der Waals surface area contributed by atoms with Crippen molar-refractivity contribution in [3.63, 3.8) is 0 Å². The lowest BCUT2D eigenvalue weighted by Crippen LogP contribution is -2.11. The Morgan fingerprint density at radius 1 is 0.778 bits per heavy atom. The molecule has 0 atom stereocenters. The minimum absolute atomic E-state index is 0.220. The molecule has 36 heavy (non-hydrogen) atoms. The van der Waals surface area contributed by atoms with E-state index in [4.69, 9.17) is 32.0 Å². The smallest absolute Gasteiger partial charge is 0.291 e. The summed E-state index contributed by atoms with van der Waals surface area (Å²) in [6.07, 6.45) is 2.92. The third kappa shape index (κ3) is 5.20. The van der Waals surface area contributed by atoms with Crippen LogP contribution in [0, 0.1) is 0 Å². The minimum atomic E-state index is -0.359. The summed E-state index contributed by atoms with van der Waals surface area (Å²) < 4.78 is 11.3. The first-order valence-corrected chi connectivity index (χ1v) is 11.7. The molecule has 0 saturated heterocycles. The molecule has 0 saturated carbocycles. The summed E-state index contributed by atoms with van der Waals surface area (Å²) in [6, 6.07) is 24.6. The Balaban J connectivity index is 1.18. The van der Waals surface area contributed by atoms with E-state index in [0.29, 0.717) is 44.1 Å². The summed E-state index contributed by atoms with van der Waals surface area (Å²) >= 11 is 12.3. The number of nitrogens with one attached hydrogen (secondary N) is 2. The molecular weight excluding hydrogens is 499 g/mol. The molecule has 0 aliphatic carbocycles. The van der Waals surface area contributed by atoms with Crippen molar-refractivity contribution in [1.82, 2.24) is 0 Å². The maximum absolute atomic E-state index is 12.5. The number of carbonyl (C=O) groups is 2. The fraction of sp³-hybridized carbons (Fsp3) is 0. The molecule has 3 aromatic carbocycles. The van der Waals surface area contributed by atoms with Gasteiger partial charge in [-0.15, -0.1) is 0 Å². The van der Waals surface area contributed by atoms with E-state index in [-0.39, 0.29) is 17.6 Å². The number of carbonyl (C=O) groups excluding carboxylic acids is 2. The van der Waals surface area contributed by atoms with E-state index in [1.165, 1.54) is 6.08 Å². The predicted molar refractivity (Wildman–Crippen MR) is 142 cm³/mol. The molecule has 8 heteroatoms. The van der Waals surface area contributed by atoms with Crippen LogP contribution in [0.3, 0.4) is 0 Å². The van der Waals surface area contributed by atoms with E-state index >= 15 is 0 Å². The highest BCUT2D eigenvalue weighted by molar-refractivity contribution is 6.43. The van der Waals surface area contributed by atoms with Crippen LogP contribution in [-0.4, -0.2) is 11.8 Å². The highest BCUT2D eigenvalue weighted by Gasteiger charge is 2.13. The van der Waals surface area contributed by atoms with Gasteiger partial charge in [-0.05, 0) is 66.7 Å². The van der Waals surface area contributed by atoms with E-state index in [1.807, 2.05) is 18.2 Å². The fourth-order valence-corrected chi connectivity index (χ4v) is 3.94. The van der Waals surface area contributed by atoms with E-state index < -0.39 is 0 Å². The zero-order chi connectivity index (χ0) is 25.1. The van der Waals surface area contributed by atoms with Crippen molar-refractivity contribution in [3.05, 3.63) is 113 Å². The summed E-state index contributed by atoms with van der Waals surface area (Å²) in [6.45, 7) is 0. The van der Waals surface area contributed by atoms with Gasteiger partial charge < -0.3 is 19.5 Å². The number of fused-ring (bicyclic) bond motifs is 1. The minimum Gasteiger partial charge on any atom is -0.457 e. The van der Waals surface area contributed by atoms with Crippen LogP contribution < -0.4 is 10.6 Å². The van der Waals surface area contributed by atoms with Gasteiger partial charge >= 0.3 is 0 Å². The van der Waals surface area contributed by atoms with Crippen molar-refractivity contribution in [3.8, 4) is 11.3 Å². The van der Waals surface area contributed by atoms with Gasteiger partial charge in [0.2, 0.25) is 5.91 Å². The molecule has 0 spiro atoms. The van der Waals surface area contributed by atoms with Gasteiger partial charge in [0.1, 0.15) is 17.1 Å². The van der Waals surface area contributed by atoms with Gasteiger partial charge in [-0.3, -0.25) is 9.59 Å². The standard InChI is InChI=1S/C28H18Cl2N2O4/c29-22-6-3-5-21(27(22)30)24-14-12-20(35-24)13-15-26(33)31-18-8-10-19(11-9-18)32-28(34)25-16-17-4-1-2-7-23(17)36-25/h1-16H,(H,31,33)(H,32,34)/b15-13+. The van der Waals surface area contributed by atoms with Gasteiger partial charge in [-0.25, -0.2) is 0 Å². The molecular formula is C28H18Cl2N2O4. The number of rotatable bonds is 6. The van der Waals surface area contributed by atoms with E-state index in [0.717, 1.165) is 5.39 Å². The third-order valence-corrected chi connectivity index (χ3v) is 6.12. The molecule has 0 fully saturated rings. The summed E-state index contributed by atoms with van der Waals surface area (Å²) in [5.74, 6) is 0.552. The Hall–Kier alpha value is -4.26. The number of furan rings is 2. The lowest BCUT2D eigenvalue weighted by molar-refractivity contribution is -0.111. The first kappa shape index (κ1) is 23.5. The molecule has 6 nitrogen and oxygen atoms in total. The van der Waals surface area contributed by atoms with Gasteiger partial charge in [0.15, 0.2) is 5.76 Å². The number of hydrogen-bond acceptors (Lipinski definition) is 4. The number of halogens is 2. The maximum Gasteiger partial charge on any atom is 0.291 e. The molecule has 5 rings (SSSR count). The number of hydrogen-bond donors (Lipinski definition) is 2. The van der Waals surface area contributed by atoms with Crippen molar-refractivity contribution in [2.24, 2.45) is 0 Å². The molecule has 2 amide bonds. The highest BCUT2D eigenvalue weighted by atomic mass is 35.5. The summed E-state index contributed by atoms with van der Waals surface area (Å²) in [4.78, 5) is 24.8. The number of benzene rings is 3. The van der Waals surface area contributed by atoms with Gasteiger partial charge in [0, 0.05) is 28.4 Å². The third-order valence-electron chi connectivity index (χ3n) is 5.30. The van der Waals surface area contributed by atoms with Crippen LogP contribution in [0.4, 0.5) is 11.4 Å². The fourth-order valence-electron chi connectivity index (χ4n) is 3.55. The van der Waals surface area contributed by atoms with Crippen LogP contribution in [0.1, 0.15) is 16.3 Å². The van der Waals surface area contributed by atoms with E-state index in [2.05, 4.69) is 10.6 Å². The predicted octanol–water partition coefficient (Wildman–Crippen LogP) is 7.90. The molecule has 0 unspecified atom stereocenters. The molecule has 178 valence electrons. The van der Waals surface area contributed by atoms with E-state index in [1.54, 1.807) is 72.8 Å². The normalized spacial score (nSPS) is 11.2. The molecule has 2 N–H and O–H groups in total. The zero-order valence-electron chi connectivity index (χ0n) is 18.6. The highest BCUT2D eigenvalue weighted by Crippen LogP contribution is 2.34. The van der Waals surface area contributed by atoms with Crippen LogP contribution in [0.2, 0.25) is 10.0 Å². The van der Waals surface area contributed by atoms with Crippen molar-refractivity contribution < 1.29 is 18.4 Å². The Labute approximate surface area is 216 Å². The Morgan fingerprint density at radius 3 is 2.31 bits per heavy atom. The molecule has 0 aliphatic rings. The van der Waals surface area contributed by atoms with Crippen LogP contribution in [0.25, 0.3) is 28.4 Å².